The Labute approximate surface area is 95.5 Å². The zero-order valence-corrected chi connectivity index (χ0v) is 9.71. The van der Waals surface area contributed by atoms with Crippen molar-refractivity contribution in [1.82, 2.24) is 0 Å². The molecule has 0 atom stereocenters. The van der Waals surface area contributed by atoms with Crippen LogP contribution in [-0.4, -0.2) is 17.6 Å². The van der Waals surface area contributed by atoms with E-state index in [0.717, 1.165) is 22.5 Å². The predicted molar refractivity (Wildman–Crippen MR) is 65.7 cm³/mol. The molecule has 0 aliphatic rings. The van der Waals surface area contributed by atoms with Gasteiger partial charge in [-0.1, -0.05) is 0 Å². The number of benzene rings is 1. The molecule has 0 radical (unpaired) electrons. The van der Waals surface area contributed by atoms with Gasteiger partial charge in [0, 0.05) is 24.3 Å². The van der Waals surface area contributed by atoms with Crippen LogP contribution < -0.4 is 11.1 Å². The van der Waals surface area contributed by atoms with Crippen molar-refractivity contribution in [1.29, 1.82) is 0 Å². The highest BCUT2D eigenvalue weighted by molar-refractivity contribution is 5.66. The quantitative estimate of drug-likeness (QED) is 0.527. The molecule has 4 N–H and O–H groups in total. The van der Waals surface area contributed by atoms with Gasteiger partial charge in [0.15, 0.2) is 0 Å². The van der Waals surface area contributed by atoms with Crippen molar-refractivity contribution in [3.63, 3.8) is 0 Å². The molecule has 0 amide bonds. The van der Waals surface area contributed by atoms with Crippen LogP contribution in [0.2, 0.25) is 0 Å². The van der Waals surface area contributed by atoms with Crippen molar-refractivity contribution < 1.29 is 9.90 Å². The number of anilines is 2. The zero-order chi connectivity index (χ0) is 12.1. The molecule has 0 aliphatic heterocycles. The number of rotatable bonds is 5. The van der Waals surface area contributed by atoms with Crippen LogP contribution in [0, 0.1) is 13.8 Å². The van der Waals surface area contributed by atoms with Crippen molar-refractivity contribution >= 4 is 17.3 Å². The maximum Gasteiger partial charge on any atom is 0.303 e. The van der Waals surface area contributed by atoms with E-state index in [1.54, 1.807) is 0 Å². The number of nitrogen functional groups attached to an aromatic ring is 1. The smallest absolute Gasteiger partial charge is 0.303 e. The highest BCUT2D eigenvalue weighted by Crippen LogP contribution is 2.21. The Balaban J connectivity index is 2.52. The number of hydrogen-bond acceptors (Lipinski definition) is 3. The lowest BCUT2D eigenvalue weighted by Gasteiger charge is -2.10. The first-order valence-electron chi connectivity index (χ1n) is 5.33. The Morgan fingerprint density at radius 2 is 1.94 bits per heavy atom. The highest BCUT2D eigenvalue weighted by atomic mass is 16.4. The summed E-state index contributed by atoms with van der Waals surface area (Å²) in [4.78, 5) is 10.3. The Hall–Kier alpha value is -1.71. The molecule has 4 heteroatoms. The number of nitrogens with two attached hydrogens (primary N) is 1. The van der Waals surface area contributed by atoms with Crippen LogP contribution >= 0.6 is 0 Å². The van der Waals surface area contributed by atoms with E-state index in [2.05, 4.69) is 5.32 Å². The summed E-state index contributed by atoms with van der Waals surface area (Å²) in [5.74, 6) is -0.758. The van der Waals surface area contributed by atoms with Crippen LogP contribution in [0.15, 0.2) is 12.1 Å². The van der Waals surface area contributed by atoms with E-state index in [1.807, 2.05) is 26.0 Å². The largest absolute Gasteiger partial charge is 0.481 e. The van der Waals surface area contributed by atoms with E-state index in [0.29, 0.717) is 13.0 Å². The van der Waals surface area contributed by atoms with Gasteiger partial charge in [0.1, 0.15) is 0 Å². The van der Waals surface area contributed by atoms with Crippen molar-refractivity contribution in [3.05, 3.63) is 23.3 Å². The fourth-order valence-electron chi connectivity index (χ4n) is 1.55. The fourth-order valence-corrected chi connectivity index (χ4v) is 1.55. The minimum atomic E-state index is -0.758. The number of aryl methyl sites for hydroxylation is 2. The average Bonchev–Trinajstić information content (AvgIpc) is 2.20. The lowest BCUT2D eigenvalue weighted by molar-refractivity contribution is -0.137. The average molecular weight is 222 g/mol. The molecule has 0 aromatic heterocycles. The summed E-state index contributed by atoms with van der Waals surface area (Å²) >= 11 is 0. The van der Waals surface area contributed by atoms with E-state index in [9.17, 15) is 4.79 Å². The molecule has 88 valence electrons. The molecule has 0 bridgehead atoms. The first kappa shape index (κ1) is 12.4. The summed E-state index contributed by atoms with van der Waals surface area (Å²) in [5, 5.41) is 11.7. The Bertz CT molecular complexity index is 366. The summed E-state index contributed by atoms with van der Waals surface area (Å²) in [6.07, 6.45) is 0.817. The van der Waals surface area contributed by atoms with E-state index in [1.165, 1.54) is 0 Å². The van der Waals surface area contributed by atoms with Gasteiger partial charge >= 0.3 is 5.97 Å². The highest BCUT2D eigenvalue weighted by Gasteiger charge is 2.01. The van der Waals surface area contributed by atoms with Crippen molar-refractivity contribution in [2.45, 2.75) is 26.7 Å². The monoisotopic (exact) mass is 222 g/mol. The fraction of sp³-hybridized carbons (Fsp3) is 0.417. The maximum absolute atomic E-state index is 10.3. The summed E-state index contributed by atoms with van der Waals surface area (Å²) in [6.45, 7) is 4.59. The summed E-state index contributed by atoms with van der Waals surface area (Å²) in [5.41, 5.74) is 9.74. The second-order valence-corrected chi connectivity index (χ2v) is 3.95. The molecule has 1 aromatic rings. The van der Waals surface area contributed by atoms with Gasteiger partial charge in [0.05, 0.1) is 0 Å². The molecule has 16 heavy (non-hydrogen) atoms. The molecule has 0 aliphatic carbocycles. The molecular formula is C12H18N2O2. The molecule has 0 saturated carbocycles. The van der Waals surface area contributed by atoms with Crippen LogP contribution in [0.5, 0.6) is 0 Å². The standard InChI is InChI=1S/C12H18N2O2/c1-8-6-10(7-9(2)12(8)13)14-5-3-4-11(15)16/h6-7,14H,3-5,13H2,1-2H3,(H,15,16). The van der Waals surface area contributed by atoms with E-state index < -0.39 is 5.97 Å². The lowest BCUT2D eigenvalue weighted by Crippen LogP contribution is -2.06. The lowest BCUT2D eigenvalue weighted by atomic mass is 10.1. The van der Waals surface area contributed by atoms with Gasteiger partial charge in [-0.25, -0.2) is 0 Å². The molecule has 0 spiro atoms. The minimum absolute atomic E-state index is 0.194. The number of hydrogen-bond donors (Lipinski definition) is 3. The molecular weight excluding hydrogens is 204 g/mol. The van der Waals surface area contributed by atoms with Crippen LogP contribution in [0.1, 0.15) is 24.0 Å². The normalized spacial score (nSPS) is 10.1. The van der Waals surface area contributed by atoms with Gasteiger partial charge in [-0.3, -0.25) is 4.79 Å². The summed E-state index contributed by atoms with van der Waals surface area (Å²) in [7, 11) is 0. The van der Waals surface area contributed by atoms with Crippen LogP contribution in [-0.2, 0) is 4.79 Å². The SMILES string of the molecule is Cc1cc(NCCCC(=O)O)cc(C)c1N. The van der Waals surface area contributed by atoms with Gasteiger partial charge in [0.2, 0.25) is 0 Å². The third-order valence-corrected chi connectivity index (χ3v) is 2.49. The topological polar surface area (TPSA) is 75.3 Å². The number of aliphatic carboxylic acids is 1. The maximum atomic E-state index is 10.3. The number of nitrogens with one attached hydrogen (secondary N) is 1. The van der Waals surface area contributed by atoms with Gasteiger partial charge < -0.3 is 16.2 Å². The van der Waals surface area contributed by atoms with Gasteiger partial charge in [-0.05, 0) is 43.5 Å². The van der Waals surface area contributed by atoms with Crippen LogP contribution in [0.25, 0.3) is 0 Å². The van der Waals surface area contributed by atoms with Gasteiger partial charge in [-0.15, -0.1) is 0 Å². The zero-order valence-electron chi connectivity index (χ0n) is 9.71. The van der Waals surface area contributed by atoms with Gasteiger partial charge in [0.25, 0.3) is 0 Å². The Morgan fingerprint density at radius 1 is 1.38 bits per heavy atom. The Kier molecular flexibility index (Phi) is 4.17. The first-order chi connectivity index (χ1) is 7.50. The molecule has 0 unspecified atom stereocenters. The Morgan fingerprint density at radius 3 is 2.44 bits per heavy atom. The van der Waals surface area contributed by atoms with Crippen LogP contribution in [0.3, 0.4) is 0 Å². The van der Waals surface area contributed by atoms with Crippen molar-refractivity contribution in [3.8, 4) is 0 Å². The van der Waals surface area contributed by atoms with E-state index in [4.69, 9.17) is 10.8 Å². The van der Waals surface area contributed by atoms with E-state index in [-0.39, 0.29) is 6.42 Å². The molecule has 1 aromatic carbocycles. The third kappa shape index (κ3) is 3.46. The predicted octanol–water partition coefficient (Wildman–Crippen LogP) is 2.16. The molecule has 0 saturated heterocycles. The number of carboxylic acids is 1. The summed E-state index contributed by atoms with van der Waals surface area (Å²) in [6, 6.07) is 3.95. The first-order valence-corrected chi connectivity index (χ1v) is 5.33. The number of carbonyl (C=O) groups is 1. The second-order valence-electron chi connectivity index (χ2n) is 3.95. The molecule has 0 heterocycles. The second kappa shape index (κ2) is 5.39. The molecule has 4 nitrogen and oxygen atoms in total. The van der Waals surface area contributed by atoms with Gasteiger partial charge in [-0.2, -0.15) is 0 Å². The van der Waals surface area contributed by atoms with Crippen molar-refractivity contribution in [2.75, 3.05) is 17.6 Å². The van der Waals surface area contributed by atoms with Crippen LogP contribution in [0.4, 0.5) is 11.4 Å². The number of carboxylic acid groups (broad SMARTS) is 1. The molecule has 0 fully saturated rings. The summed E-state index contributed by atoms with van der Waals surface area (Å²) < 4.78 is 0. The molecule has 1 rings (SSSR count). The van der Waals surface area contributed by atoms with E-state index >= 15 is 0 Å². The minimum Gasteiger partial charge on any atom is -0.481 e. The third-order valence-electron chi connectivity index (χ3n) is 2.49. The van der Waals surface area contributed by atoms with Crippen molar-refractivity contribution in [2.24, 2.45) is 0 Å².